The molecule has 0 amide bonds. The second-order valence-electron chi connectivity index (χ2n) is 3.31. The lowest BCUT2D eigenvalue weighted by Crippen LogP contribution is -2.22. The highest BCUT2D eigenvalue weighted by atomic mass is 79.9. The van der Waals surface area contributed by atoms with Crippen LogP contribution in [-0.4, -0.2) is 15.9 Å². The molecule has 1 heterocycles. The van der Waals surface area contributed by atoms with Gasteiger partial charge in [0.25, 0.3) is 5.95 Å². The lowest BCUT2D eigenvalue weighted by atomic mass is 10.2. The molecule has 0 radical (unpaired) electrons. The monoisotopic (exact) mass is 279 g/mol. The molecule has 82 valence electrons. The molecule has 2 aromatic rings. The maximum Gasteiger partial charge on any atom is 0.253 e. The molecule has 16 heavy (non-hydrogen) atoms. The number of halogens is 1. The van der Waals surface area contributed by atoms with Crippen molar-refractivity contribution in [2.75, 3.05) is 0 Å². The Morgan fingerprint density at radius 1 is 1.31 bits per heavy atom. The predicted molar refractivity (Wildman–Crippen MR) is 67.4 cm³/mol. The molecule has 0 saturated carbocycles. The molecular weight excluding hydrogens is 270 g/mol. The van der Waals surface area contributed by atoms with Crippen molar-refractivity contribution in [3.05, 3.63) is 28.4 Å². The van der Waals surface area contributed by atoms with Crippen LogP contribution >= 0.6 is 15.9 Å². The Bertz CT molecular complexity index is 575. The van der Waals surface area contributed by atoms with Gasteiger partial charge in [-0.2, -0.15) is 4.99 Å². The third kappa shape index (κ3) is 2.11. The number of nitrogens with two attached hydrogens (primary N) is 2. The fourth-order valence-electron chi connectivity index (χ4n) is 1.40. The van der Waals surface area contributed by atoms with Gasteiger partial charge < -0.3 is 11.5 Å². The number of fused-ring (bicyclic) bond motifs is 1. The fourth-order valence-corrected chi connectivity index (χ4v) is 1.77. The van der Waals surface area contributed by atoms with Crippen molar-refractivity contribution in [1.29, 1.82) is 0 Å². The zero-order valence-corrected chi connectivity index (χ0v) is 10.2. The van der Waals surface area contributed by atoms with Crippen LogP contribution in [0.5, 0.6) is 0 Å². The Hall–Kier alpha value is -1.69. The van der Waals surface area contributed by atoms with Crippen LogP contribution in [0.4, 0.5) is 5.95 Å². The standard InChI is InChI=1S/C10H10BrN5/c1-5-7-4-6(11)2-3-8(7)15-10(14-5)16-9(12)13/h2-4H,1H3,(H4,12,13,14,15,16). The van der Waals surface area contributed by atoms with Crippen LogP contribution < -0.4 is 11.5 Å². The van der Waals surface area contributed by atoms with Crippen LogP contribution in [0.2, 0.25) is 0 Å². The van der Waals surface area contributed by atoms with E-state index >= 15 is 0 Å². The highest BCUT2D eigenvalue weighted by Crippen LogP contribution is 2.22. The van der Waals surface area contributed by atoms with Gasteiger partial charge in [-0.1, -0.05) is 15.9 Å². The maximum atomic E-state index is 5.28. The summed E-state index contributed by atoms with van der Waals surface area (Å²) in [6.45, 7) is 1.89. The number of guanidine groups is 1. The molecule has 0 aliphatic rings. The number of aliphatic imine (C=N–C) groups is 1. The van der Waals surface area contributed by atoms with Gasteiger partial charge in [0.2, 0.25) is 0 Å². The van der Waals surface area contributed by atoms with Crippen LogP contribution in [0.1, 0.15) is 5.69 Å². The van der Waals surface area contributed by atoms with E-state index in [-0.39, 0.29) is 11.9 Å². The predicted octanol–water partition coefficient (Wildman–Crippen LogP) is 1.61. The zero-order chi connectivity index (χ0) is 11.7. The van der Waals surface area contributed by atoms with Crippen molar-refractivity contribution in [3.63, 3.8) is 0 Å². The van der Waals surface area contributed by atoms with E-state index < -0.39 is 0 Å². The van der Waals surface area contributed by atoms with Crippen molar-refractivity contribution >= 4 is 38.7 Å². The highest BCUT2D eigenvalue weighted by molar-refractivity contribution is 9.10. The average molecular weight is 280 g/mol. The Kier molecular flexibility index (Phi) is 2.74. The summed E-state index contributed by atoms with van der Waals surface area (Å²) in [6, 6.07) is 5.76. The van der Waals surface area contributed by atoms with Crippen LogP contribution in [0.25, 0.3) is 10.9 Å². The van der Waals surface area contributed by atoms with E-state index in [1.807, 2.05) is 25.1 Å². The molecule has 4 N–H and O–H groups in total. The Morgan fingerprint density at radius 3 is 2.75 bits per heavy atom. The number of nitrogens with zero attached hydrogens (tertiary/aromatic N) is 3. The van der Waals surface area contributed by atoms with E-state index in [1.54, 1.807) is 0 Å². The van der Waals surface area contributed by atoms with Crippen LogP contribution in [0, 0.1) is 6.92 Å². The average Bonchev–Trinajstić information content (AvgIpc) is 2.18. The second kappa shape index (κ2) is 4.05. The summed E-state index contributed by atoms with van der Waals surface area (Å²) in [5, 5.41) is 0.976. The van der Waals surface area contributed by atoms with Gasteiger partial charge >= 0.3 is 0 Å². The number of hydrogen-bond donors (Lipinski definition) is 2. The molecule has 0 atom stereocenters. The number of benzene rings is 1. The van der Waals surface area contributed by atoms with Gasteiger partial charge in [0.1, 0.15) is 0 Å². The lowest BCUT2D eigenvalue weighted by Gasteiger charge is -2.03. The maximum absolute atomic E-state index is 5.28. The Balaban J connectivity index is 2.68. The zero-order valence-electron chi connectivity index (χ0n) is 8.61. The molecular formula is C10H10BrN5. The highest BCUT2D eigenvalue weighted by Gasteiger charge is 2.04. The van der Waals surface area contributed by atoms with Crippen molar-refractivity contribution in [2.45, 2.75) is 6.92 Å². The molecule has 1 aromatic carbocycles. The van der Waals surface area contributed by atoms with Gasteiger partial charge in [0.15, 0.2) is 5.96 Å². The summed E-state index contributed by atoms with van der Waals surface area (Å²) in [5.41, 5.74) is 12.2. The lowest BCUT2D eigenvalue weighted by molar-refractivity contribution is 1.12. The minimum atomic E-state index is -0.0455. The number of aromatic nitrogens is 2. The summed E-state index contributed by atoms with van der Waals surface area (Å²) >= 11 is 3.40. The molecule has 0 saturated heterocycles. The van der Waals surface area contributed by atoms with E-state index in [0.717, 1.165) is 21.1 Å². The van der Waals surface area contributed by atoms with Gasteiger partial charge in [-0.15, -0.1) is 0 Å². The van der Waals surface area contributed by atoms with Gasteiger partial charge in [-0.25, -0.2) is 9.97 Å². The van der Waals surface area contributed by atoms with Gasteiger partial charge in [0.05, 0.1) is 11.2 Å². The van der Waals surface area contributed by atoms with E-state index in [2.05, 4.69) is 30.9 Å². The molecule has 5 nitrogen and oxygen atoms in total. The van der Waals surface area contributed by atoms with Crippen LogP contribution in [0.3, 0.4) is 0 Å². The first kappa shape index (κ1) is 10.8. The van der Waals surface area contributed by atoms with E-state index in [9.17, 15) is 0 Å². The first-order valence-electron chi connectivity index (χ1n) is 4.60. The molecule has 0 fully saturated rings. The van der Waals surface area contributed by atoms with Crippen molar-refractivity contribution in [3.8, 4) is 0 Å². The molecule has 0 aliphatic carbocycles. The largest absolute Gasteiger partial charge is 0.370 e. The molecule has 2 rings (SSSR count). The third-order valence-corrected chi connectivity index (χ3v) is 2.56. The number of aryl methyl sites for hydroxylation is 1. The Morgan fingerprint density at radius 2 is 2.06 bits per heavy atom. The van der Waals surface area contributed by atoms with Crippen LogP contribution in [0.15, 0.2) is 27.7 Å². The first-order valence-corrected chi connectivity index (χ1v) is 5.39. The molecule has 6 heteroatoms. The minimum Gasteiger partial charge on any atom is -0.370 e. The molecule has 0 unspecified atom stereocenters. The van der Waals surface area contributed by atoms with Gasteiger partial charge in [0, 0.05) is 9.86 Å². The van der Waals surface area contributed by atoms with E-state index in [0.29, 0.717) is 0 Å². The third-order valence-electron chi connectivity index (χ3n) is 2.07. The smallest absolute Gasteiger partial charge is 0.253 e. The second-order valence-corrected chi connectivity index (χ2v) is 4.22. The fraction of sp³-hybridized carbons (Fsp3) is 0.100. The topological polar surface area (TPSA) is 90.2 Å². The number of hydrogen-bond acceptors (Lipinski definition) is 3. The summed E-state index contributed by atoms with van der Waals surface area (Å²) < 4.78 is 0.987. The van der Waals surface area contributed by atoms with Gasteiger partial charge in [-0.3, -0.25) is 0 Å². The van der Waals surface area contributed by atoms with E-state index in [1.165, 1.54) is 0 Å². The molecule has 1 aromatic heterocycles. The van der Waals surface area contributed by atoms with Crippen molar-refractivity contribution in [1.82, 2.24) is 9.97 Å². The normalized spacial score (nSPS) is 10.4. The molecule has 0 aliphatic heterocycles. The summed E-state index contributed by atoms with van der Waals surface area (Å²) in [4.78, 5) is 12.3. The molecule has 0 bridgehead atoms. The quantitative estimate of drug-likeness (QED) is 0.613. The van der Waals surface area contributed by atoms with Crippen LogP contribution in [-0.2, 0) is 0 Å². The van der Waals surface area contributed by atoms with Crippen molar-refractivity contribution in [2.24, 2.45) is 16.5 Å². The summed E-state index contributed by atoms with van der Waals surface area (Å²) in [6.07, 6.45) is 0. The van der Waals surface area contributed by atoms with Gasteiger partial charge in [-0.05, 0) is 25.1 Å². The minimum absolute atomic E-state index is 0.0455. The molecule has 0 spiro atoms. The van der Waals surface area contributed by atoms with E-state index in [4.69, 9.17) is 11.5 Å². The first-order chi connectivity index (χ1) is 7.56. The number of rotatable bonds is 1. The summed E-state index contributed by atoms with van der Waals surface area (Å²) in [5.74, 6) is 0.239. The Labute approximate surface area is 101 Å². The SMILES string of the molecule is Cc1nc(N=C(N)N)nc2ccc(Br)cc12. The van der Waals surface area contributed by atoms with Crippen molar-refractivity contribution < 1.29 is 0 Å². The summed E-state index contributed by atoms with van der Waals surface area (Å²) in [7, 11) is 0.